The fourth-order valence-electron chi connectivity index (χ4n) is 3.82. The molecule has 0 bridgehead atoms. The van der Waals surface area contributed by atoms with Crippen LogP contribution < -0.4 is 0 Å². The molecule has 0 radical (unpaired) electrons. The molecule has 1 aliphatic heterocycles. The van der Waals surface area contributed by atoms with Crippen molar-refractivity contribution in [1.82, 2.24) is 24.6 Å². The van der Waals surface area contributed by atoms with Gasteiger partial charge < -0.3 is 4.90 Å². The highest BCUT2D eigenvalue weighted by Crippen LogP contribution is 2.20. The minimum absolute atomic E-state index is 0.119. The molecular formula is C23H26ClN5O. The van der Waals surface area contributed by atoms with E-state index in [1.54, 1.807) is 16.8 Å². The van der Waals surface area contributed by atoms with Crippen molar-refractivity contribution in [2.45, 2.75) is 20.3 Å². The van der Waals surface area contributed by atoms with Crippen molar-refractivity contribution in [3.63, 3.8) is 0 Å². The first-order valence-corrected chi connectivity index (χ1v) is 10.6. The Labute approximate surface area is 182 Å². The molecule has 2 aromatic heterocycles. The second-order valence-corrected chi connectivity index (χ2v) is 8.12. The van der Waals surface area contributed by atoms with Gasteiger partial charge in [-0.15, -0.1) is 0 Å². The van der Waals surface area contributed by atoms with E-state index >= 15 is 0 Å². The van der Waals surface area contributed by atoms with E-state index in [0.29, 0.717) is 29.6 Å². The Hall–Kier alpha value is -2.70. The van der Waals surface area contributed by atoms with Crippen LogP contribution in [-0.4, -0.2) is 63.2 Å². The molecule has 1 aliphatic rings. The standard InChI is InChI=1S/C23H26ClN5O/c1-17-16-18(2)29(26-17)21-9-8-20(24)22(25-21)23(30)28-14-12-27(13-15-28)11-10-19-6-4-3-5-7-19/h3-9,16H,10-15H2,1-2H3. The van der Waals surface area contributed by atoms with E-state index in [0.717, 1.165) is 37.4 Å². The second kappa shape index (κ2) is 8.98. The molecule has 3 aromatic rings. The number of rotatable bonds is 5. The van der Waals surface area contributed by atoms with Gasteiger partial charge in [0.25, 0.3) is 5.91 Å². The maximum absolute atomic E-state index is 13.1. The van der Waals surface area contributed by atoms with Gasteiger partial charge in [0.1, 0.15) is 5.69 Å². The molecule has 0 aliphatic carbocycles. The van der Waals surface area contributed by atoms with E-state index in [2.05, 4.69) is 39.2 Å². The number of carbonyl (C=O) groups is 1. The lowest BCUT2D eigenvalue weighted by Crippen LogP contribution is -2.49. The summed E-state index contributed by atoms with van der Waals surface area (Å²) in [5.41, 5.74) is 3.50. The minimum atomic E-state index is -0.119. The number of hydrogen-bond donors (Lipinski definition) is 0. The Morgan fingerprint density at radius 3 is 2.43 bits per heavy atom. The van der Waals surface area contributed by atoms with Crippen LogP contribution in [0.15, 0.2) is 48.5 Å². The first kappa shape index (κ1) is 20.6. The van der Waals surface area contributed by atoms with Gasteiger partial charge >= 0.3 is 0 Å². The van der Waals surface area contributed by atoms with Crippen LogP contribution >= 0.6 is 11.6 Å². The predicted molar refractivity (Wildman–Crippen MR) is 118 cm³/mol. The lowest BCUT2D eigenvalue weighted by atomic mass is 10.1. The summed E-state index contributed by atoms with van der Waals surface area (Å²) in [6.07, 6.45) is 1.02. The highest BCUT2D eigenvalue weighted by atomic mass is 35.5. The van der Waals surface area contributed by atoms with E-state index in [9.17, 15) is 4.79 Å². The van der Waals surface area contributed by atoms with Gasteiger partial charge in [-0.2, -0.15) is 5.10 Å². The smallest absolute Gasteiger partial charge is 0.274 e. The molecule has 7 heteroatoms. The number of halogens is 1. The van der Waals surface area contributed by atoms with E-state index in [4.69, 9.17) is 11.6 Å². The Balaban J connectivity index is 1.40. The van der Waals surface area contributed by atoms with Gasteiger partial charge in [-0.25, -0.2) is 9.67 Å². The van der Waals surface area contributed by atoms with Gasteiger partial charge in [0.2, 0.25) is 0 Å². The summed E-state index contributed by atoms with van der Waals surface area (Å²) in [7, 11) is 0. The molecule has 0 saturated carbocycles. The van der Waals surface area contributed by atoms with Gasteiger partial charge in [-0.3, -0.25) is 9.69 Å². The zero-order chi connectivity index (χ0) is 21.1. The van der Waals surface area contributed by atoms with Crippen molar-refractivity contribution in [3.8, 4) is 5.82 Å². The Morgan fingerprint density at radius 1 is 1.03 bits per heavy atom. The molecule has 30 heavy (non-hydrogen) atoms. The third-order valence-electron chi connectivity index (χ3n) is 5.48. The van der Waals surface area contributed by atoms with Crippen molar-refractivity contribution >= 4 is 17.5 Å². The van der Waals surface area contributed by atoms with Gasteiger partial charge in [0.15, 0.2) is 5.82 Å². The number of carbonyl (C=O) groups excluding carboxylic acids is 1. The number of aryl methyl sites for hydroxylation is 2. The number of benzene rings is 1. The van der Waals surface area contributed by atoms with Crippen molar-refractivity contribution in [3.05, 3.63) is 76.2 Å². The summed E-state index contributed by atoms with van der Waals surface area (Å²) >= 11 is 6.34. The molecule has 0 atom stereocenters. The third kappa shape index (κ3) is 4.55. The summed E-state index contributed by atoms with van der Waals surface area (Å²) in [6.45, 7) is 7.96. The highest BCUT2D eigenvalue weighted by molar-refractivity contribution is 6.33. The largest absolute Gasteiger partial charge is 0.335 e. The van der Waals surface area contributed by atoms with Crippen LogP contribution in [0.25, 0.3) is 5.82 Å². The summed E-state index contributed by atoms with van der Waals surface area (Å²) in [5.74, 6) is 0.487. The first-order valence-electron chi connectivity index (χ1n) is 10.3. The molecule has 3 heterocycles. The van der Waals surface area contributed by atoms with E-state index in [1.165, 1.54) is 5.56 Å². The van der Waals surface area contributed by atoms with Crippen LogP contribution in [-0.2, 0) is 6.42 Å². The van der Waals surface area contributed by atoms with E-state index in [1.807, 2.05) is 30.9 Å². The van der Waals surface area contributed by atoms with Gasteiger partial charge in [-0.1, -0.05) is 41.9 Å². The molecular weight excluding hydrogens is 398 g/mol. The summed E-state index contributed by atoms with van der Waals surface area (Å²) in [4.78, 5) is 21.9. The monoisotopic (exact) mass is 423 g/mol. The molecule has 1 aromatic carbocycles. The molecule has 6 nitrogen and oxygen atoms in total. The van der Waals surface area contributed by atoms with Crippen LogP contribution in [0.1, 0.15) is 27.4 Å². The number of nitrogens with zero attached hydrogens (tertiary/aromatic N) is 5. The molecule has 0 N–H and O–H groups in total. The topological polar surface area (TPSA) is 54.3 Å². The van der Waals surface area contributed by atoms with Crippen molar-refractivity contribution in [2.75, 3.05) is 32.7 Å². The quantitative estimate of drug-likeness (QED) is 0.629. The van der Waals surface area contributed by atoms with E-state index < -0.39 is 0 Å². The van der Waals surface area contributed by atoms with Crippen LogP contribution in [0.5, 0.6) is 0 Å². The number of hydrogen-bond acceptors (Lipinski definition) is 4. The zero-order valence-corrected chi connectivity index (χ0v) is 18.1. The maximum Gasteiger partial charge on any atom is 0.274 e. The molecule has 1 fully saturated rings. The normalized spacial score (nSPS) is 14.8. The van der Waals surface area contributed by atoms with Crippen LogP contribution in [0.4, 0.5) is 0 Å². The predicted octanol–water partition coefficient (Wildman–Crippen LogP) is 3.54. The highest BCUT2D eigenvalue weighted by Gasteiger charge is 2.25. The van der Waals surface area contributed by atoms with Crippen LogP contribution in [0.3, 0.4) is 0 Å². The molecule has 1 saturated heterocycles. The summed E-state index contributed by atoms with van der Waals surface area (Å²) in [6, 6.07) is 16.0. The van der Waals surface area contributed by atoms with Crippen molar-refractivity contribution < 1.29 is 4.79 Å². The number of pyridine rings is 1. The Bertz CT molecular complexity index is 1030. The maximum atomic E-state index is 13.1. The zero-order valence-electron chi connectivity index (χ0n) is 17.4. The lowest BCUT2D eigenvalue weighted by Gasteiger charge is -2.34. The van der Waals surface area contributed by atoms with Crippen LogP contribution in [0.2, 0.25) is 5.02 Å². The lowest BCUT2D eigenvalue weighted by molar-refractivity contribution is 0.0633. The summed E-state index contributed by atoms with van der Waals surface area (Å²) in [5, 5.41) is 4.83. The van der Waals surface area contributed by atoms with Gasteiger partial charge in [0.05, 0.1) is 10.7 Å². The first-order chi connectivity index (χ1) is 14.5. The van der Waals surface area contributed by atoms with Gasteiger partial charge in [0, 0.05) is 38.4 Å². The molecule has 0 unspecified atom stereocenters. The van der Waals surface area contributed by atoms with E-state index in [-0.39, 0.29) is 5.91 Å². The Kier molecular flexibility index (Phi) is 6.16. The molecule has 156 valence electrons. The molecule has 0 spiro atoms. The average molecular weight is 424 g/mol. The average Bonchev–Trinajstić information content (AvgIpc) is 3.11. The third-order valence-corrected chi connectivity index (χ3v) is 5.78. The Morgan fingerprint density at radius 2 is 1.77 bits per heavy atom. The second-order valence-electron chi connectivity index (χ2n) is 7.71. The van der Waals surface area contributed by atoms with Crippen molar-refractivity contribution in [2.24, 2.45) is 0 Å². The fourth-order valence-corrected chi connectivity index (χ4v) is 4.00. The van der Waals surface area contributed by atoms with Crippen LogP contribution in [0, 0.1) is 13.8 Å². The fraction of sp³-hybridized carbons (Fsp3) is 0.348. The minimum Gasteiger partial charge on any atom is -0.335 e. The SMILES string of the molecule is Cc1cc(C)n(-c2ccc(Cl)c(C(=O)N3CCN(CCc4ccccc4)CC3)n2)n1. The van der Waals surface area contributed by atoms with Gasteiger partial charge in [-0.05, 0) is 44.0 Å². The molecule has 4 rings (SSSR count). The van der Waals surface area contributed by atoms with Crippen molar-refractivity contribution in [1.29, 1.82) is 0 Å². The number of amides is 1. The summed E-state index contributed by atoms with van der Waals surface area (Å²) < 4.78 is 1.74. The molecule has 1 amide bonds. The number of piperazine rings is 1. The number of aromatic nitrogens is 3.